The van der Waals surface area contributed by atoms with E-state index in [2.05, 4.69) is 26.1 Å². The van der Waals surface area contributed by atoms with Gasteiger partial charge in [-0.25, -0.2) is 4.68 Å². The fourth-order valence-corrected chi connectivity index (χ4v) is 3.22. The van der Waals surface area contributed by atoms with Crippen LogP contribution < -0.4 is 14.8 Å². The Morgan fingerprint density at radius 1 is 1.14 bits per heavy atom. The van der Waals surface area contributed by atoms with Crippen LogP contribution in [0.25, 0.3) is 5.69 Å². The Balaban J connectivity index is 1.64. The van der Waals surface area contributed by atoms with Crippen molar-refractivity contribution in [1.29, 1.82) is 0 Å². The molecule has 0 fully saturated rings. The van der Waals surface area contributed by atoms with Crippen LogP contribution in [-0.2, 0) is 10.2 Å². The van der Waals surface area contributed by atoms with Crippen molar-refractivity contribution in [2.75, 3.05) is 11.9 Å². The highest BCUT2D eigenvalue weighted by Gasteiger charge is 2.29. The monoisotopic (exact) mass is 411 g/mol. The number of anilines is 1. The molecule has 0 bridgehead atoms. The van der Waals surface area contributed by atoms with Crippen molar-refractivity contribution in [3.63, 3.8) is 0 Å². The molecule has 0 aliphatic carbocycles. The van der Waals surface area contributed by atoms with E-state index in [4.69, 9.17) is 26.2 Å². The van der Waals surface area contributed by atoms with Gasteiger partial charge in [0.25, 0.3) is 5.91 Å². The highest BCUT2D eigenvalue weighted by atomic mass is 35.5. The number of amides is 1. The van der Waals surface area contributed by atoms with Crippen LogP contribution in [0, 0.1) is 0 Å². The standard InChI is InChI=1S/C22H22ClN3O3/c1-22(2,3)19-12-20(26(25-19)15-9-5-4-8-14(15)23)24-21(27)18-13-28-16-10-6-7-11-17(16)29-18/h4-12,18H,13H2,1-3H3,(H,24,27). The lowest BCUT2D eigenvalue weighted by Crippen LogP contribution is -2.40. The van der Waals surface area contributed by atoms with Crippen LogP contribution in [0.3, 0.4) is 0 Å². The summed E-state index contributed by atoms with van der Waals surface area (Å²) in [6, 6.07) is 16.5. The van der Waals surface area contributed by atoms with E-state index in [0.717, 1.165) is 5.69 Å². The number of nitrogens with zero attached hydrogens (tertiary/aromatic N) is 2. The van der Waals surface area contributed by atoms with E-state index in [1.807, 2.05) is 42.5 Å². The van der Waals surface area contributed by atoms with Gasteiger partial charge in [0.1, 0.15) is 12.4 Å². The van der Waals surface area contributed by atoms with E-state index in [1.165, 1.54) is 0 Å². The van der Waals surface area contributed by atoms with Gasteiger partial charge in [-0.2, -0.15) is 5.10 Å². The Labute approximate surface area is 174 Å². The number of nitrogens with one attached hydrogen (secondary N) is 1. The second-order valence-electron chi connectivity index (χ2n) is 7.88. The van der Waals surface area contributed by atoms with Crippen LogP contribution in [0.2, 0.25) is 5.02 Å². The highest BCUT2D eigenvalue weighted by Crippen LogP contribution is 2.32. The van der Waals surface area contributed by atoms with Gasteiger partial charge in [0, 0.05) is 11.5 Å². The Morgan fingerprint density at radius 3 is 2.55 bits per heavy atom. The zero-order valence-corrected chi connectivity index (χ0v) is 17.2. The first-order valence-electron chi connectivity index (χ1n) is 9.38. The molecular weight excluding hydrogens is 390 g/mol. The number of carbonyl (C=O) groups is 1. The molecule has 4 rings (SSSR count). The normalized spacial score (nSPS) is 15.8. The maximum atomic E-state index is 12.9. The SMILES string of the molecule is CC(C)(C)c1cc(NC(=O)C2COc3ccccc3O2)n(-c2ccccc2Cl)n1. The molecule has 2 aromatic carbocycles. The van der Waals surface area contributed by atoms with Crippen molar-refractivity contribution in [3.8, 4) is 17.2 Å². The van der Waals surface area contributed by atoms with E-state index in [1.54, 1.807) is 16.8 Å². The molecule has 6 nitrogen and oxygen atoms in total. The third kappa shape index (κ3) is 3.93. The predicted molar refractivity (Wildman–Crippen MR) is 112 cm³/mol. The number of carbonyl (C=O) groups excluding carboxylic acids is 1. The molecule has 0 saturated carbocycles. The molecule has 3 aromatic rings. The van der Waals surface area contributed by atoms with Crippen LogP contribution in [0.15, 0.2) is 54.6 Å². The summed E-state index contributed by atoms with van der Waals surface area (Å²) < 4.78 is 13.1. The number of hydrogen-bond donors (Lipinski definition) is 1. The highest BCUT2D eigenvalue weighted by molar-refractivity contribution is 6.32. The Kier molecular flexibility index (Phi) is 4.96. The van der Waals surface area contributed by atoms with Gasteiger partial charge in [-0.1, -0.05) is 56.6 Å². The van der Waals surface area contributed by atoms with Gasteiger partial charge in [0.15, 0.2) is 11.5 Å². The molecular formula is C22H22ClN3O3. The van der Waals surface area contributed by atoms with E-state index >= 15 is 0 Å². The summed E-state index contributed by atoms with van der Waals surface area (Å²) in [7, 11) is 0. The zero-order chi connectivity index (χ0) is 20.6. The lowest BCUT2D eigenvalue weighted by molar-refractivity contribution is -0.125. The largest absolute Gasteiger partial charge is 0.485 e. The minimum Gasteiger partial charge on any atom is -0.485 e. The van der Waals surface area contributed by atoms with Gasteiger partial charge in [0.05, 0.1) is 16.4 Å². The van der Waals surface area contributed by atoms with Crippen molar-refractivity contribution in [1.82, 2.24) is 9.78 Å². The fourth-order valence-electron chi connectivity index (χ4n) is 3.00. The summed E-state index contributed by atoms with van der Waals surface area (Å²) in [5, 5.41) is 8.16. The number of aromatic nitrogens is 2. The molecule has 1 N–H and O–H groups in total. The van der Waals surface area contributed by atoms with Crippen molar-refractivity contribution < 1.29 is 14.3 Å². The zero-order valence-electron chi connectivity index (χ0n) is 16.5. The number of benzene rings is 2. The van der Waals surface area contributed by atoms with E-state index in [9.17, 15) is 4.79 Å². The summed E-state index contributed by atoms with van der Waals surface area (Å²) in [6.07, 6.45) is -0.766. The maximum Gasteiger partial charge on any atom is 0.270 e. The molecule has 1 atom stereocenters. The first-order chi connectivity index (χ1) is 13.8. The topological polar surface area (TPSA) is 65.4 Å². The molecule has 1 amide bonds. The molecule has 0 spiro atoms. The number of para-hydroxylation sites is 3. The smallest absolute Gasteiger partial charge is 0.270 e. The quantitative estimate of drug-likeness (QED) is 0.684. The first-order valence-corrected chi connectivity index (χ1v) is 9.75. The Morgan fingerprint density at radius 2 is 1.83 bits per heavy atom. The fraction of sp³-hybridized carbons (Fsp3) is 0.273. The number of fused-ring (bicyclic) bond motifs is 1. The van der Waals surface area contributed by atoms with Crippen molar-refractivity contribution >= 4 is 23.3 Å². The average molecular weight is 412 g/mol. The van der Waals surface area contributed by atoms with Gasteiger partial charge < -0.3 is 14.8 Å². The van der Waals surface area contributed by atoms with Gasteiger partial charge in [-0.15, -0.1) is 0 Å². The van der Waals surface area contributed by atoms with Gasteiger partial charge in [0.2, 0.25) is 6.10 Å². The number of rotatable bonds is 3. The second-order valence-corrected chi connectivity index (χ2v) is 8.29. The second kappa shape index (κ2) is 7.44. The van der Waals surface area contributed by atoms with E-state index in [0.29, 0.717) is 28.0 Å². The molecule has 1 aliphatic rings. The van der Waals surface area contributed by atoms with Gasteiger partial charge in [-0.3, -0.25) is 4.79 Å². The summed E-state index contributed by atoms with van der Waals surface area (Å²) >= 11 is 6.38. The Bertz CT molecular complexity index is 1060. The maximum absolute atomic E-state index is 12.9. The third-order valence-corrected chi connectivity index (χ3v) is 4.93. The average Bonchev–Trinajstić information content (AvgIpc) is 3.12. The molecule has 7 heteroatoms. The van der Waals surface area contributed by atoms with Gasteiger partial charge >= 0.3 is 0 Å². The summed E-state index contributed by atoms with van der Waals surface area (Å²) in [5.74, 6) is 1.39. The minimum absolute atomic E-state index is 0.134. The van der Waals surface area contributed by atoms with Crippen molar-refractivity contribution in [2.24, 2.45) is 0 Å². The molecule has 2 heterocycles. The summed E-state index contributed by atoms with van der Waals surface area (Å²) in [4.78, 5) is 12.9. The van der Waals surface area contributed by atoms with Crippen LogP contribution in [-0.4, -0.2) is 28.4 Å². The van der Waals surface area contributed by atoms with E-state index in [-0.39, 0.29) is 17.9 Å². The summed E-state index contributed by atoms with van der Waals surface area (Å²) in [6.45, 7) is 6.32. The molecule has 1 unspecified atom stereocenters. The molecule has 1 aromatic heterocycles. The molecule has 0 radical (unpaired) electrons. The first kappa shape index (κ1) is 19.3. The van der Waals surface area contributed by atoms with Crippen LogP contribution in [0.5, 0.6) is 11.5 Å². The number of ether oxygens (including phenoxy) is 2. The Hall–Kier alpha value is -2.99. The molecule has 1 aliphatic heterocycles. The van der Waals surface area contributed by atoms with Crippen LogP contribution in [0.4, 0.5) is 5.82 Å². The number of halogens is 1. The molecule has 150 valence electrons. The third-order valence-electron chi connectivity index (χ3n) is 4.61. The number of hydrogen-bond acceptors (Lipinski definition) is 4. The lowest BCUT2D eigenvalue weighted by atomic mass is 9.92. The van der Waals surface area contributed by atoms with Crippen molar-refractivity contribution in [2.45, 2.75) is 32.3 Å². The molecule has 0 saturated heterocycles. The summed E-state index contributed by atoms with van der Waals surface area (Å²) in [5.41, 5.74) is 1.32. The van der Waals surface area contributed by atoms with Crippen LogP contribution >= 0.6 is 11.6 Å². The lowest BCUT2D eigenvalue weighted by Gasteiger charge is -2.25. The predicted octanol–water partition coefficient (Wildman–Crippen LogP) is 4.60. The minimum atomic E-state index is -0.766. The van der Waals surface area contributed by atoms with E-state index < -0.39 is 6.10 Å². The van der Waals surface area contributed by atoms with Gasteiger partial charge in [-0.05, 0) is 24.3 Å². The van der Waals surface area contributed by atoms with Crippen molar-refractivity contribution in [3.05, 3.63) is 65.3 Å². The van der Waals surface area contributed by atoms with Crippen LogP contribution in [0.1, 0.15) is 26.5 Å². The molecule has 29 heavy (non-hydrogen) atoms.